The number of quaternary nitrogens is 1. The zero-order valence-electron chi connectivity index (χ0n) is 17.7. The first-order valence-electron chi connectivity index (χ1n) is 11.3. The van der Waals surface area contributed by atoms with Gasteiger partial charge in [0, 0.05) is 19.0 Å². The number of nitrogens with one attached hydrogen (secondary N) is 1. The summed E-state index contributed by atoms with van der Waals surface area (Å²) in [5.74, 6) is 0.759. The van der Waals surface area contributed by atoms with Crippen LogP contribution in [-0.4, -0.2) is 44.4 Å². The highest BCUT2D eigenvalue weighted by molar-refractivity contribution is 5.81. The molecule has 1 saturated heterocycles. The lowest BCUT2D eigenvalue weighted by atomic mass is 9.77. The lowest BCUT2D eigenvalue weighted by Gasteiger charge is -2.34. The Morgan fingerprint density at radius 3 is 2.43 bits per heavy atom. The molecule has 2 aromatic rings. The zero-order valence-corrected chi connectivity index (χ0v) is 17.7. The van der Waals surface area contributed by atoms with Crippen LogP contribution in [0.4, 0.5) is 4.79 Å². The minimum absolute atomic E-state index is 0.0558. The summed E-state index contributed by atoms with van der Waals surface area (Å²) in [4.78, 5) is 25.2. The van der Waals surface area contributed by atoms with Crippen molar-refractivity contribution in [2.75, 3.05) is 6.54 Å². The Labute approximate surface area is 177 Å². The van der Waals surface area contributed by atoms with Crippen molar-refractivity contribution in [2.45, 2.75) is 70.3 Å². The third kappa shape index (κ3) is 3.81. The highest BCUT2D eigenvalue weighted by atomic mass is 16.4. The highest BCUT2D eigenvalue weighted by Crippen LogP contribution is 2.39. The number of carbonyl (C=O) groups excluding carboxylic acids is 1. The van der Waals surface area contributed by atoms with Gasteiger partial charge in [0.25, 0.3) is 0 Å². The Kier molecular flexibility index (Phi) is 6.04. The molecule has 0 unspecified atom stereocenters. The van der Waals surface area contributed by atoms with Crippen molar-refractivity contribution < 1.29 is 19.2 Å². The number of H-pyrrole nitrogens is 1. The number of aromatic amines is 1. The third-order valence-electron chi connectivity index (χ3n) is 7.43. The molecule has 2 fully saturated rings. The second-order valence-electron chi connectivity index (χ2n) is 8.99. The number of carboxylic acid groups (broad SMARTS) is 1. The molecule has 2 heterocycles. The van der Waals surface area contributed by atoms with Crippen molar-refractivity contribution in [3.8, 4) is 11.3 Å². The van der Waals surface area contributed by atoms with Gasteiger partial charge in [0.1, 0.15) is 6.04 Å². The van der Waals surface area contributed by atoms with Crippen molar-refractivity contribution in [3.63, 3.8) is 0 Å². The van der Waals surface area contributed by atoms with Gasteiger partial charge in [0.15, 0.2) is 0 Å². The molecule has 6 heteroatoms. The molecule has 1 aliphatic carbocycles. The third-order valence-corrected chi connectivity index (χ3v) is 7.43. The average Bonchev–Trinajstić information content (AvgIpc) is 3.45. The van der Waals surface area contributed by atoms with Gasteiger partial charge < -0.3 is 5.11 Å². The Hall–Kier alpha value is -2.47. The number of nitrogens with zero attached hydrogens (tertiary/aromatic N) is 2. The molecule has 2 atom stereocenters. The van der Waals surface area contributed by atoms with Crippen LogP contribution in [-0.2, 0) is 4.79 Å². The van der Waals surface area contributed by atoms with Crippen molar-refractivity contribution in [1.82, 2.24) is 10.2 Å². The van der Waals surface area contributed by atoms with Gasteiger partial charge in [-0.25, -0.2) is 4.79 Å². The molecule has 1 aliphatic heterocycles. The highest BCUT2D eigenvalue weighted by Gasteiger charge is 2.54. The van der Waals surface area contributed by atoms with Crippen LogP contribution in [0.1, 0.15) is 69.8 Å². The second kappa shape index (κ2) is 8.72. The van der Waals surface area contributed by atoms with Crippen molar-refractivity contribution in [3.05, 3.63) is 42.1 Å². The number of amides is 2. The van der Waals surface area contributed by atoms with Crippen molar-refractivity contribution >= 4 is 12.0 Å². The van der Waals surface area contributed by atoms with Crippen LogP contribution in [0, 0.1) is 5.92 Å². The minimum atomic E-state index is -0.949. The quantitative estimate of drug-likeness (QED) is 0.652. The van der Waals surface area contributed by atoms with Crippen LogP contribution in [0.3, 0.4) is 0 Å². The van der Waals surface area contributed by atoms with Crippen LogP contribution in [0.15, 0.2) is 36.5 Å². The van der Waals surface area contributed by atoms with E-state index < -0.39 is 6.09 Å². The summed E-state index contributed by atoms with van der Waals surface area (Å²) in [7, 11) is 0. The lowest BCUT2D eigenvalue weighted by Crippen LogP contribution is -2.59. The first kappa shape index (κ1) is 20.8. The predicted octanol–water partition coefficient (Wildman–Crippen LogP) is 5.33. The number of carbonyl (C=O) groups is 2. The first-order chi connectivity index (χ1) is 14.5. The molecular formula is C24H32N3O3+. The van der Waals surface area contributed by atoms with Crippen LogP contribution in [0.25, 0.3) is 11.3 Å². The van der Waals surface area contributed by atoms with Crippen molar-refractivity contribution in [2.24, 2.45) is 5.92 Å². The number of hydrogen-bond donors (Lipinski definition) is 2. The maximum Gasteiger partial charge on any atom is 0.521 e. The van der Waals surface area contributed by atoms with E-state index in [0.29, 0.717) is 24.8 Å². The van der Waals surface area contributed by atoms with E-state index in [1.165, 1.54) is 5.56 Å². The molecule has 1 aromatic carbocycles. The largest absolute Gasteiger partial charge is 0.521 e. The van der Waals surface area contributed by atoms with Gasteiger partial charge >= 0.3 is 12.0 Å². The van der Waals surface area contributed by atoms with Crippen LogP contribution in [0.2, 0.25) is 0 Å². The predicted molar refractivity (Wildman–Crippen MR) is 115 cm³/mol. The van der Waals surface area contributed by atoms with E-state index in [1.54, 1.807) is 6.20 Å². The van der Waals surface area contributed by atoms with Gasteiger partial charge in [-0.05, 0) is 61.1 Å². The molecule has 0 bridgehead atoms. The number of rotatable bonds is 5. The molecular weight excluding hydrogens is 378 g/mol. The lowest BCUT2D eigenvalue weighted by molar-refractivity contribution is -0.795. The molecule has 160 valence electrons. The summed E-state index contributed by atoms with van der Waals surface area (Å²) >= 11 is 0. The van der Waals surface area contributed by atoms with Crippen LogP contribution in [0.5, 0.6) is 0 Å². The average molecular weight is 411 g/mol. The fourth-order valence-electron chi connectivity index (χ4n) is 5.64. The molecule has 4 rings (SSSR count). The number of hydrogen-bond acceptors (Lipinski definition) is 3. The molecule has 0 spiro atoms. The molecule has 30 heavy (non-hydrogen) atoms. The van der Waals surface area contributed by atoms with E-state index in [4.69, 9.17) is 0 Å². The maximum absolute atomic E-state index is 13.1. The summed E-state index contributed by atoms with van der Waals surface area (Å²) in [6.07, 6.45) is 7.76. The molecule has 2 N–H and O–H groups in total. The van der Waals surface area contributed by atoms with Gasteiger partial charge in [-0.15, -0.1) is 0 Å². The standard InChI is InChI=1S/C24H31N3O3/c1-2-21-4-3-15-27(21,24(29)30)23(28)16-17-5-7-18(8-6-17)19-9-11-20(12-10-19)22-13-14-25-26-22/h9-14,17-18,21H,2-8,15-16H2,1H3,(H-,25,26,29,30)/p+1/t17?,18?,21-,27-/m1/s1. The summed E-state index contributed by atoms with van der Waals surface area (Å²) in [5, 5.41) is 16.9. The van der Waals surface area contributed by atoms with Gasteiger partial charge in [-0.1, -0.05) is 31.2 Å². The number of aromatic nitrogens is 2. The summed E-state index contributed by atoms with van der Waals surface area (Å²) in [6.45, 7) is 2.47. The van der Waals surface area contributed by atoms with Gasteiger partial charge in [0.2, 0.25) is 0 Å². The molecule has 0 radical (unpaired) electrons. The summed E-state index contributed by atoms with van der Waals surface area (Å²) in [6, 6.07) is 10.6. The minimum Gasteiger partial charge on any atom is -0.435 e. The Balaban J connectivity index is 1.35. The van der Waals surface area contributed by atoms with Crippen LogP contribution < -0.4 is 0 Å². The fourth-order valence-corrected chi connectivity index (χ4v) is 5.64. The second-order valence-corrected chi connectivity index (χ2v) is 8.99. The number of likely N-dealkylation sites (tertiary alicyclic amines) is 1. The maximum atomic E-state index is 13.1. The normalized spacial score (nSPS) is 29.0. The molecule has 2 amide bonds. The Morgan fingerprint density at radius 2 is 1.83 bits per heavy atom. The van der Waals surface area contributed by atoms with E-state index in [-0.39, 0.29) is 16.4 Å². The SMILES string of the molecule is CC[C@@H]1CCC[N@+]1(C(=O)O)C(=O)CC1CCC(c2ccc(-c3ccn[nH]3)cc2)CC1. The van der Waals surface area contributed by atoms with Gasteiger partial charge in [0.05, 0.1) is 18.7 Å². The van der Waals surface area contributed by atoms with Gasteiger partial charge in [-0.3, -0.25) is 5.10 Å². The Bertz CT molecular complexity index is 870. The zero-order chi connectivity index (χ0) is 21.1. The van der Waals surface area contributed by atoms with E-state index in [2.05, 4.69) is 34.5 Å². The smallest absolute Gasteiger partial charge is 0.435 e. The Morgan fingerprint density at radius 1 is 1.10 bits per heavy atom. The monoisotopic (exact) mass is 410 g/mol. The fraction of sp³-hybridized carbons (Fsp3) is 0.542. The van der Waals surface area contributed by atoms with Crippen molar-refractivity contribution in [1.29, 1.82) is 0 Å². The number of benzene rings is 1. The number of imide groups is 1. The molecule has 6 nitrogen and oxygen atoms in total. The summed E-state index contributed by atoms with van der Waals surface area (Å²) < 4.78 is -0.328. The molecule has 2 aliphatic rings. The molecule has 1 aromatic heterocycles. The van der Waals surface area contributed by atoms with Crippen LogP contribution >= 0.6 is 0 Å². The van der Waals surface area contributed by atoms with E-state index >= 15 is 0 Å². The molecule has 1 saturated carbocycles. The van der Waals surface area contributed by atoms with Gasteiger partial charge in [-0.2, -0.15) is 14.4 Å². The topological polar surface area (TPSA) is 83.0 Å². The summed E-state index contributed by atoms with van der Waals surface area (Å²) in [5.41, 5.74) is 3.50. The van der Waals surface area contributed by atoms with E-state index in [1.807, 2.05) is 13.0 Å². The van der Waals surface area contributed by atoms with E-state index in [0.717, 1.165) is 56.2 Å². The van der Waals surface area contributed by atoms with E-state index in [9.17, 15) is 14.7 Å². The first-order valence-corrected chi connectivity index (χ1v) is 11.3.